The molecular formula is C20H22O2. The standard InChI is InChI=1S/C20H22O2/c21-16-11-15-7-3-4-8-20(15)17-9-13-5-1-2-6-14(13)10-18(17)22-19(20)12-16/h9-11,19H,1-8,12H2/t19-,20+/m1/s1. The molecule has 22 heavy (non-hydrogen) atoms. The van der Waals surface area contributed by atoms with Gasteiger partial charge in [-0.2, -0.15) is 0 Å². The van der Waals surface area contributed by atoms with Crippen molar-refractivity contribution in [3.05, 3.63) is 40.5 Å². The number of allylic oxidation sites excluding steroid dienone is 1. The summed E-state index contributed by atoms with van der Waals surface area (Å²) in [5, 5.41) is 0. The van der Waals surface area contributed by atoms with Gasteiger partial charge in [0.1, 0.15) is 11.9 Å². The van der Waals surface area contributed by atoms with Crippen LogP contribution in [0.4, 0.5) is 0 Å². The number of carbonyl (C=O) groups excluding carboxylic acids is 1. The average molecular weight is 294 g/mol. The lowest BCUT2D eigenvalue weighted by Gasteiger charge is -2.42. The van der Waals surface area contributed by atoms with Crippen molar-refractivity contribution in [1.82, 2.24) is 0 Å². The molecule has 0 bridgehead atoms. The van der Waals surface area contributed by atoms with E-state index in [1.54, 1.807) is 0 Å². The first-order chi connectivity index (χ1) is 10.8. The molecular weight excluding hydrogens is 272 g/mol. The van der Waals surface area contributed by atoms with Gasteiger partial charge in [0.15, 0.2) is 5.78 Å². The van der Waals surface area contributed by atoms with Crippen molar-refractivity contribution < 1.29 is 9.53 Å². The summed E-state index contributed by atoms with van der Waals surface area (Å²) in [4.78, 5) is 12.1. The molecule has 1 spiro atoms. The lowest BCUT2D eigenvalue weighted by atomic mass is 9.60. The van der Waals surface area contributed by atoms with Crippen molar-refractivity contribution in [3.63, 3.8) is 0 Å². The average Bonchev–Trinajstić information content (AvgIpc) is 2.83. The van der Waals surface area contributed by atoms with Crippen LogP contribution in [-0.2, 0) is 23.1 Å². The number of fused-ring (bicyclic) bond motifs is 2. The van der Waals surface area contributed by atoms with Crippen LogP contribution in [0.15, 0.2) is 23.8 Å². The first kappa shape index (κ1) is 12.9. The molecule has 1 aromatic rings. The Morgan fingerprint density at radius 3 is 2.64 bits per heavy atom. The number of aryl methyl sites for hydroxylation is 2. The second-order valence-corrected chi connectivity index (χ2v) is 7.45. The molecule has 2 atom stereocenters. The van der Waals surface area contributed by atoms with E-state index in [-0.39, 0.29) is 17.3 Å². The van der Waals surface area contributed by atoms with Gasteiger partial charge in [0.25, 0.3) is 0 Å². The summed E-state index contributed by atoms with van der Waals surface area (Å²) in [6.07, 6.45) is 12.3. The molecule has 114 valence electrons. The molecule has 5 rings (SSSR count). The summed E-state index contributed by atoms with van der Waals surface area (Å²) >= 11 is 0. The third-order valence-corrected chi connectivity index (χ3v) is 6.31. The van der Waals surface area contributed by atoms with Crippen LogP contribution in [0.5, 0.6) is 5.75 Å². The summed E-state index contributed by atoms with van der Waals surface area (Å²) in [5.41, 5.74) is 5.79. The summed E-state index contributed by atoms with van der Waals surface area (Å²) in [7, 11) is 0. The van der Waals surface area contributed by atoms with Crippen molar-refractivity contribution in [2.24, 2.45) is 0 Å². The van der Waals surface area contributed by atoms with Gasteiger partial charge in [0.2, 0.25) is 0 Å². The summed E-state index contributed by atoms with van der Waals surface area (Å²) in [5.74, 6) is 1.34. The van der Waals surface area contributed by atoms with Crippen LogP contribution in [0.1, 0.15) is 61.6 Å². The molecule has 0 unspecified atom stereocenters. The quantitative estimate of drug-likeness (QED) is 0.722. The van der Waals surface area contributed by atoms with Gasteiger partial charge in [-0.1, -0.05) is 18.1 Å². The monoisotopic (exact) mass is 294 g/mol. The van der Waals surface area contributed by atoms with E-state index in [1.807, 2.05) is 6.08 Å². The zero-order valence-electron chi connectivity index (χ0n) is 13.0. The minimum Gasteiger partial charge on any atom is -0.488 e. The molecule has 1 aliphatic heterocycles. The van der Waals surface area contributed by atoms with Gasteiger partial charge in [0.05, 0.1) is 5.41 Å². The van der Waals surface area contributed by atoms with E-state index in [4.69, 9.17) is 4.74 Å². The first-order valence-corrected chi connectivity index (χ1v) is 8.84. The van der Waals surface area contributed by atoms with Crippen molar-refractivity contribution in [3.8, 4) is 5.75 Å². The molecule has 1 aromatic carbocycles. The van der Waals surface area contributed by atoms with E-state index in [9.17, 15) is 4.79 Å². The second kappa shape index (κ2) is 4.47. The maximum Gasteiger partial charge on any atom is 0.159 e. The van der Waals surface area contributed by atoms with Crippen LogP contribution in [0, 0.1) is 0 Å². The number of ether oxygens (including phenoxy) is 1. The van der Waals surface area contributed by atoms with E-state index in [0.29, 0.717) is 6.42 Å². The third kappa shape index (κ3) is 1.59. The summed E-state index contributed by atoms with van der Waals surface area (Å²) in [6, 6.07) is 4.74. The lowest BCUT2D eigenvalue weighted by molar-refractivity contribution is -0.117. The molecule has 0 aromatic heterocycles. The lowest BCUT2D eigenvalue weighted by Crippen LogP contribution is -2.45. The summed E-state index contributed by atoms with van der Waals surface area (Å²) in [6.45, 7) is 0. The van der Waals surface area contributed by atoms with Crippen LogP contribution in [0.3, 0.4) is 0 Å². The number of carbonyl (C=O) groups is 1. The Bertz CT molecular complexity index is 700. The van der Waals surface area contributed by atoms with Gasteiger partial charge in [-0.05, 0) is 68.2 Å². The molecule has 2 nitrogen and oxygen atoms in total. The largest absolute Gasteiger partial charge is 0.488 e. The van der Waals surface area contributed by atoms with E-state index in [1.165, 1.54) is 60.8 Å². The highest BCUT2D eigenvalue weighted by Crippen LogP contribution is 2.57. The predicted octanol–water partition coefficient (Wildman–Crippen LogP) is 4.04. The van der Waals surface area contributed by atoms with E-state index in [2.05, 4.69) is 12.1 Å². The fraction of sp³-hybridized carbons (Fsp3) is 0.550. The van der Waals surface area contributed by atoms with Crippen molar-refractivity contribution >= 4 is 5.78 Å². The zero-order valence-corrected chi connectivity index (χ0v) is 13.0. The third-order valence-electron chi connectivity index (χ3n) is 6.31. The van der Waals surface area contributed by atoms with Gasteiger partial charge in [-0.3, -0.25) is 4.79 Å². The smallest absolute Gasteiger partial charge is 0.159 e. The molecule has 1 saturated carbocycles. The Kier molecular flexibility index (Phi) is 2.62. The van der Waals surface area contributed by atoms with E-state index in [0.717, 1.165) is 18.6 Å². The molecule has 0 N–H and O–H groups in total. The second-order valence-electron chi connectivity index (χ2n) is 7.45. The van der Waals surface area contributed by atoms with E-state index >= 15 is 0 Å². The zero-order chi connectivity index (χ0) is 14.7. The predicted molar refractivity (Wildman–Crippen MR) is 85.4 cm³/mol. The van der Waals surface area contributed by atoms with Gasteiger partial charge in [-0.25, -0.2) is 0 Å². The van der Waals surface area contributed by atoms with Gasteiger partial charge in [0, 0.05) is 12.0 Å². The van der Waals surface area contributed by atoms with Gasteiger partial charge in [-0.15, -0.1) is 0 Å². The van der Waals surface area contributed by atoms with Crippen LogP contribution < -0.4 is 4.74 Å². The Labute approximate surface area is 131 Å². The fourth-order valence-electron chi connectivity index (χ4n) is 5.27. The number of ketones is 1. The molecule has 0 radical (unpaired) electrons. The van der Waals surface area contributed by atoms with Crippen molar-refractivity contribution in [1.29, 1.82) is 0 Å². The Morgan fingerprint density at radius 1 is 1.00 bits per heavy atom. The molecule has 4 aliphatic rings. The maximum absolute atomic E-state index is 12.1. The molecule has 3 aliphatic carbocycles. The van der Waals surface area contributed by atoms with E-state index < -0.39 is 0 Å². The first-order valence-electron chi connectivity index (χ1n) is 8.84. The number of hydrogen-bond acceptors (Lipinski definition) is 2. The normalized spacial score (nSPS) is 32.3. The maximum atomic E-state index is 12.1. The van der Waals surface area contributed by atoms with Crippen molar-refractivity contribution in [2.75, 3.05) is 0 Å². The van der Waals surface area contributed by atoms with Gasteiger partial charge < -0.3 is 4.74 Å². The molecule has 1 fully saturated rings. The van der Waals surface area contributed by atoms with Crippen LogP contribution in [-0.4, -0.2) is 11.9 Å². The highest BCUT2D eigenvalue weighted by molar-refractivity contribution is 5.93. The van der Waals surface area contributed by atoms with Crippen LogP contribution in [0.2, 0.25) is 0 Å². The summed E-state index contributed by atoms with van der Waals surface area (Å²) < 4.78 is 6.35. The Balaban J connectivity index is 1.71. The Morgan fingerprint density at radius 2 is 1.77 bits per heavy atom. The fourth-order valence-corrected chi connectivity index (χ4v) is 5.27. The topological polar surface area (TPSA) is 26.3 Å². The van der Waals surface area contributed by atoms with Gasteiger partial charge >= 0.3 is 0 Å². The number of benzene rings is 1. The van der Waals surface area contributed by atoms with Crippen LogP contribution >= 0.6 is 0 Å². The Hall–Kier alpha value is -1.57. The highest BCUT2D eigenvalue weighted by Gasteiger charge is 2.54. The number of rotatable bonds is 0. The van der Waals surface area contributed by atoms with Crippen LogP contribution in [0.25, 0.3) is 0 Å². The number of hydrogen-bond donors (Lipinski definition) is 0. The van der Waals surface area contributed by atoms with Crippen molar-refractivity contribution in [2.45, 2.75) is 69.3 Å². The minimum absolute atomic E-state index is 0.0218. The highest BCUT2D eigenvalue weighted by atomic mass is 16.5. The molecule has 0 amide bonds. The minimum atomic E-state index is 0.0218. The molecule has 1 heterocycles. The molecule has 0 saturated heterocycles. The SMILES string of the molecule is O=C1C=C2CCCC[C@@]23c2cc4c(cc2O[C@@H]3C1)CCCC4. The molecule has 2 heteroatoms.